The number of nitrogens with one attached hydrogen (secondary N) is 1. The highest BCUT2D eigenvalue weighted by Gasteiger charge is 2.03. The van der Waals surface area contributed by atoms with Gasteiger partial charge in [0.1, 0.15) is 5.75 Å². The van der Waals surface area contributed by atoms with Crippen molar-refractivity contribution >= 4 is 12.0 Å². The number of methoxy groups -OCH3 is 1. The molecule has 1 aromatic rings. The summed E-state index contributed by atoms with van der Waals surface area (Å²) in [7, 11) is 1.64. The van der Waals surface area contributed by atoms with Crippen LogP contribution < -0.4 is 10.1 Å². The lowest BCUT2D eigenvalue weighted by molar-refractivity contribution is -0.117. The Bertz CT molecular complexity index is 423. The monoisotopic (exact) mass is 275 g/mol. The predicted octanol–water partition coefficient (Wildman–Crippen LogP) is 3.79. The summed E-state index contributed by atoms with van der Waals surface area (Å²) < 4.78 is 5.09. The minimum atomic E-state index is -0.0372. The predicted molar refractivity (Wildman–Crippen MR) is 83.8 cm³/mol. The normalized spacial score (nSPS) is 12.3. The molecular formula is C17H25NO2. The van der Waals surface area contributed by atoms with Gasteiger partial charge in [0.2, 0.25) is 5.91 Å². The van der Waals surface area contributed by atoms with Crippen LogP contribution in [0.1, 0.15) is 45.1 Å². The van der Waals surface area contributed by atoms with Crippen LogP contribution in [0.2, 0.25) is 0 Å². The number of hydrogen-bond acceptors (Lipinski definition) is 2. The second-order valence-electron chi connectivity index (χ2n) is 5.01. The van der Waals surface area contributed by atoms with Crippen molar-refractivity contribution in [2.75, 3.05) is 7.11 Å². The highest BCUT2D eigenvalue weighted by atomic mass is 16.5. The summed E-state index contributed by atoms with van der Waals surface area (Å²) in [6, 6.07) is 7.84. The van der Waals surface area contributed by atoms with E-state index in [1.165, 1.54) is 19.3 Å². The molecule has 1 atom stereocenters. The quantitative estimate of drug-likeness (QED) is 0.579. The number of ether oxygens (including phenoxy) is 1. The first-order chi connectivity index (χ1) is 9.65. The van der Waals surface area contributed by atoms with E-state index in [0.717, 1.165) is 17.7 Å². The largest absolute Gasteiger partial charge is 0.497 e. The summed E-state index contributed by atoms with van der Waals surface area (Å²) >= 11 is 0. The summed E-state index contributed by atoms with van der Waals surface area (Å²) in [5.74, 6) is 0.779. The number of unbranched alkanes of at least 4 members (excludes halogenated alkanes) is 2. The molecule has 110 valence electrons. The van der Waals surface area contributed by atoms with Gasteiger partial charge in [0.05, 0.1) is 7.11 Å². The zero-order valence-corrected chi connectivity index (χ0v) is 12.7. The van der Waals surface area contributed by atoms with Crippen molar-refractivity contribution in [2.45, 2.75) is 45.6 Å². The van der Waals surface area contributed by atoms with E-state index in [1.807, 2.05) is 30.3 Å². The Morgan fingerprint density at radius 1 is 1.30 bits per heavy atom. The molecule has 0 spiro atoms. The fourth-order valence-electron chi connectivity index (χ4n) is 1.95. The molecule has 0 bridgehead atoms. The van der Waals surface area contributed by atoms with Crippen LogP contribution in [0.4, 0.5) is 0 Å². The molecule has 0 aliphatic carbocycles. The third kappa shape index (κ3) is 6.41. The molecule has 3 heteroatoms. The number of amides is 1. The van der Waals surface area contributed by atoms with Crippen LogP contribution in [-0.4, -0.2) is 19.1 Å². The Balaban J connectivity index is 2.38. The fourth-order valence-corrected chi connectivity index (χ4v) is 1.95. The summed E-state index contributed by atoms with van der Waals surface area (Å²) in [6.45, 7) is 4.23. The van der Waals surface area contributed by atoms with Crippen molar-refractivity contribution < 1.29 is 9.53 Å². The third-order valence-corrected chi connectivity index (χ3v) is 3.17. The van der Waals surface area contributed by atoms with Gasteiger partial charge in [-0.25, -0.2) is 0 Å². The molecule has 0 fully saturated rings. The number of rotatable bonds is 8. The van der Waals surface area contributed by atoms with Crippen LogP contribution >= 0.6 is 0 Å². The van der Waals surface area contributed by atoms with Crippen molar-refractivity contribution in [1.29, 1.82) is 0 Å². The van der Waals surface area contributed by atoms with E-state index in [2.05, 4.69) is 19.2 Å². The van der Waals surface area contributed by atoms with E-state index in [4.69, 9.17) is 4.74 Å². The molecule has 1 amide bonds. The maximum absolute atomic E-state index is 11.8. The van der Waals surface area contributed by atoms with Gasteiger partial charge in [-0.2, -0.15) is 0 Å². The number of hydrogen-bond donors (Lipinski definition) is 1. The van der Waals surface area contributed by atoms with Gasteiger partial charge < -0.3 is 10.1 Å². The summed E-state index contributed by atoms with van der Waals surface area (Å²) in [6.07, 6.45) is 8.03. The topological polar surface area (TPSA) is 38.3 Å². The van der Waals surface area contributed by atoms with Crippen LogP contribution in [0.15, 0.2) is 30.3 Å². The third-order valence-electron chi connectivity index (χ3n) is 3.17. The van der Waals surface area contributed by atoms with Crippen molar-refractivity contribution in [2.24, 2.45) is 0 Å². The fraction of sp³-hybridized carbons (Fsp3) is 0.471. The highest BCUT2D eigenvalue weighted by molar-refractivity contribution is 5.91. The standard InChI is InChI=1S/C17H25NO2/c1-4-5-6-7-14(2)18-17(19)13-10-15-8-11-16(20-3)12-9-15/h8-14H,4-7H2,1-3H3,(H,18,19)/b13-10+/t14-/m1/s1. The first-order valence-corrected chi connectivity index (χ1v) is 7.28. The van der Waals surface area contributed by atoms with E-state index < -0.39 is 0 Å². The molecule has 3 nitrogen and oxygen atoms in total. The number of carbonyl (C=O) groups excluding carboxylic acids is 1. The van der Waals surface area contributed by atoms with Crippen LogP contribution in [0, 0.1) is 0 Å². The van der Waals surface area contributed by atoms with E-state index in [0.29, 0.717) is 0 Å². The zero-order valence-electron chi connectivity index (χ0n) is 12.7. The van der Waals surface area contributed by atoms with E-state index in [-0.39, 0.29) is 11.9 Å². The average Bonchev–Trinajstić information content (AvgIpc) is 2.46. The van der Waals surface area contributed by atoms with Gasteiger partial charge in [0.15, 0.2) is 0 Å². The zero-order chi connectivity index (χ0) is 14.8. The highest BCUT2D eigenvalue weighted by Crippen LogP contribution is 2.12. The Kier molecular flexibility index (Phi) is 7.48. The van der Waals surface area contributed by atoms with Gasteiger partial charge >= 0.3 is 0 Å². The Morgan fingerprint density at radius 3 is 2.60 bits per heavy atom. The molecule has 1 rings (SSSR count). The summed E-state index contributed by atoms with van der Waals surface area (Å²) in [5, 5.41) is 2.98. The molecule has 0 unspecified atom stereocenters. The molecule has 0 aliphatic heterocycles. The maximum atomic E-state index is 11.8. The van der Waals surface area contributed by atoms with Gasteiger partial charge in [0, 0.05) is 12.1 Å². The van der Waals surface area contributed by atoms with Crippen LogP contribution in [0.3, 0.4) is 0 Å². The molecule has 0 aromatic heterocycles. The van der Waals surface area contributed by atoms with Crippen LogP contribution in [0.25, 0.3) is 6.08 Å². The van der Waals surface area contributed by atoms with Gasteiger partial charge in [-0.1, -0.05) is 38.3 Å². The van der Waals surface area contributed by atoms with Gasteiger partial charge in [-0.05, 0) is 37.1 Å². The Hall–Kier alpha value is -1.77. The Morgan fingerprint density at radius 2 is 2.00 bits per heavy atom. The minimum absolute atomic E-state index is 0.0372. The maximum Gasteiger partial charge on any atom is 0.244 e. The van der Waals surface area contributed by atoms with Crippen LogP contribution in [0.5, 0.6) is 5.75 Å². The van der Waals surface area contributed by atoms with Crippen molar-refractivity contribution in [3.63, 3.8) is 0 Å². The van der Waals surface area contributed by atoms with E-state index in [1.54, 1.807) is 13.2 Å². The van der Waals surface area contributed by atoms with Crippen molar-refractivity contribution in [3.05, 3.63) is 35.9 Å². The molecule has 1 aromatic carbocycles. The minimum Gasteiger partial charge on any atom is -0.497 e. The second kappa shape index (κ2) is 9.18. The molecule has 0 saturated heterocycles. The lowest BCUT2D eigenvalue weighted by Crippen LogP contribution is -2.30. The molecule has 0 aliphatic rings. The summed E-state index contributed by atoms with van der Waals surface area (Å²) in [5.41, 5.74) is 0.986. The average molecular weight is 275 g/mol. The first kappa shape index (κ1) is 16.3. The Labute approximate surface area is 122 Å². The number of benzene rings is 1. The van der Waals surface area contributed by atoms with Gasteiger partial charge in [0.25, 0.3) is 0 Å². The number of carbonyl (C=O) groups is 1. The van der Waals surface area contributed by atoms with Crippen LogP contribution in [-0.2, 0) is 4.79 Å². The molecule has 0 radical (unpaired) electrons. The van der Waals surface area contributed by atoms with Gasteiger partial charge in [-0.15, -0.1) is 0 Å². The van der Waals surface area contributed by atoms with Gasteiger partial charge in [-0.3, -0.25) is 4.79 Å². The summed E-state index contributed by atoms with van der Waals surface area (Å²) in [4.78, 5) is 11.8. The SMILES string of the molecule is CCCCC[C@@H](C)NC(=O)/C=C/c1ccc(OC)cc1. The molecule has 0 heterocycles. The first-order valence-electron chi connectivity index (χ1n) is 7.28. The molecule has 20 heavy (non-hydrogen) atoms. The molecule has 1 N–H and O–H groups in total. The van der Waals surface area contributed by atoms with E-state index in [9.17, 15) is 4.79 Å². The molecular weight excluding hydrogens is 250 g/mol. The van der Waals surface area contributed by atoms with E-state index >= 15 is 0 Å². The second-order valence-corrected chi connectivity index (χ2v) is 5.01. The molecule has 0 saturated carbocycles. The lowest BCUT2D eigenvalue weighted by Gasteiger charge is -2.11. The van der Waals surface area contributed by atoms with Crippen molar-refractivity contribution in [3.8, 4) is 5.75 Å². The smallest absolute Gasteiger partial charge is 0.244 e. The van der Waals surface area contributed by atoms with Crippen molar-refractivity contribution in [1.82, 2.24) is 5.32 Å². The lowest BCUT2D eigenvalue weighted by atomic mass is 10.1.